The Balaban J connectivity index is 2.89. The second-order valence-electron chi connectivity index (χ2n) is 2.44. The minimum atomic E-state index is 0.855. The fourth-order valence-electron chi connectivity index (χ4n) is 1.10. The van der Waals surface area contributed by atoms with Crippen LogP contribution < -0.4 is 0 Å². The molecule has 0 saturated carbocycles. The molecule has 0 N–H and O–H groups in total. The Bertz CT molecular complexity index is 428. The standard InChI is InChI=1S/C9H5ClIP/c10-7-5-9(11)12-8-4-2-1-3-6(7)8/h1-5H. The molecule has 0 unspecified atom stereocenters. The molecule has 2 rings (SSSR count). The molecule has 0 spiro atoms. The molecule has 0 nitrogen and oxygen atoms in total. The van der Waals surface area contributed by atoms with Crippen molar-refractivity contribution in [2.75, 3.05) is 0 Å². The summed E-state index contributed by atoms with van der Waals surface area (Å²) in [4.78, 5) is 0. The Morgan fingerprint density at radius 3 is 2.83 bits per heavy atom. The predicted molar refractivity (Wildman–Crippen MR) is 64.2 cm³/mol. The van der Waals surface area contributed by atoms with Gasteiger partial charge in [0.1, 0.15) is 0 Å². The fraction of sp³-hybridized carbons (Fsp3) is 0. The number of hydrogen-bond acceptors (Lipinski definition) is 0. The monoisotopic (exact) mass is 306 g/mol. The third-order valence-electron chi connectivity index (χ3n) is 1.63. The van der Waals surface area contributed by atoms with E-state index >= 15 is 0 Å². The zero-order valence-electron chi connectivity index (χ0n) is 6.09. The van der Waals surface area contributed by atoms with Crippen molar-refractivity contribution in [3.05, 3.63) is 38.7 Å². The van der Waals surface area contributed by atoms with Gasteiger partial charge in [0.25, 0.3) is 0 Å². The Kier molecular flexibility index (Phi) is 2.54. The van der Waals surface area contributed by atoms with Crippen LogP contribution in [0.15, 0.2) is 30.3 Å². The van der Waals surface area contributed by atoms with Crippen molar-refractivity contribution < 1.29 is 0 Å². The van der Waals surface area contributed by atoms with Gasteiger partial charge in [0, 0.05) is 13.8 Å². The van der Waals surface area contributed by atoms with Gasteiger partial charge in [0.15, 0.2) is 0 Å². The van der Waals surface area contributed by atoms with E-state index in [1.165, 1.54) is 22.0 Å². The highest BCUT2D eigenvalue weighted by molar-refractivity contribution is 14.1. The summed E-state index contributed by atoms with van der Waals surface area (Å²) in [5.74, 6) is 0. The summed E-state index contributed by atoms with van der Waals surface area (Å²) < 4.78 is 1.27. The van der Waals surface area contributed by atoms with Gasteiger partial charge in [0.05, 0.1) is 5.02 Å². The SMILES string of the molecule is Clc1cc(I)pc2ccccc12. The molecule has 0 atom stereocenters. The van der Waals surface area contributed by atoms with E-state index in [1.807, 2.05) is 18.2 Å². The molecule has 0 aliphatic carbocycles. The van der Waals surface area contributed by atoms with E-state index in [0.29, 0.717) is 0 Å². The molecule has 0 aliphatic rings. The van der Waals surface area contributed by atoms with Gasteiger partial charge < -0.3 is 0 Å². The molecule has 0 radical (unpaired) electrons. The van der Waals surface area contributed by atoms with Crippen LogP contribution in [0, 0.1) is 3.30 Å². The average molecular weight is 306 g/mol. The molecule has 0 saturated heterocycles. The third kappa shape index (κ3) is 1.59. The average Bonchev–Trinajstić information content (AvgIpc) is 2.04. The lowest BCUT2D eigenvalue weighted by atomic mass is 10.2. The Morgan fingerprint density at radius 2 is 2.00 bits per heavy atom. The Hall–Kier alpha value is 0.150. The number of hydrogen-bond donors (Lipinski definition) is 0. The zero-order chi connectivity index (χ0) is 8.55. The van der Waals surface area contributed by atoms with Crippen molar-refractivity contribution in [1.29, 1.82) is 0 Å². The molecule has 2 aromatic rings. The van der Waals surface area contributed by atoms with Gasteiger partial charge >= 0.3 is 0 Å². The quantitative estimate of drug-likeness (QED) is 0.620. The number of halogens is 2. The lowest BCUT2D eigenvalue weighted by Gasteiger charge is -1.99. The van der Waals surface area contributed by atoms with Crippen molar-refractivity contribution in [1.82, 2.24) is 0 Å². The van der Waals surface area contributed by atoms with Gasteiger partial charge in [-0.05, 0) is 34.7 Å². The van der Waals surface area contributed by atoms with Gasteiger partial charge in [-0.25, -0.2) is 0 Å². The summed E-state index contributed by atoms with van der Waals surface area (Å²) in [7, 11) is 1.27. The second-order valence-corrected chi connectivity index (χ2v) is 6.05. The molecule has 0 amide bonds. The van der Waals surface area contributed by atoms with Crippen molar-refractivity contribution in [3.8, 4) is 0 Å². The first-order valence-corrected chi connectivity index (χ1v) is 5.83. The molecule has 3 heteroatoms. The van der Waals surface area contributed by atoms with Gasteiger partial charge in [-0.2, -0.15) is 0 Å². The normalized spacial score (nSPS) is 11.2. The van der Waals surface area contributed by atoms with Gasteiger partial charge in [-0.15, -0.1) is 0 Å². The molecular formula is C9H5ClIP. The molecule has 0 aliphatic heterocycles. The maximum Gasteiger partial charge on any atom is 0.0502 e. The molecule has 1 aromatic carbocycles. The topological polar surface area (TPSA) is 0 Å². The number of benzene rings is 1. The van der Waals surface area contributed by atoms with E-state index < -0.39 is 0 Å². The summed E-state index contributed by atoms with van der Waals surface area (Å²) in [5, 5.41) is 3.32. The molecule has 12 heavy (non-hydrogen) atoms. The minimum Gasteiger partial charge on any atom is -0.0836 e. The second kappa shape index (κ2) is 3.49. The summed E-state index contributed by atoms with van der Waals surface area (Å²) in [6.45, 7) is 0. The Morgan fingerprint density at radius 1 is 1.25 bits per heavy atom. The molecule has 1 heterocycles. The van der Waals surface area contributed by atoms with E-state index in [4.69, 9.17) is 11.6 Å². The zero-order valence-corrected chi connectivity index (χ0v) is 9.90. The first-order chi connectivity index (χ1) is 5.77. The third-order valence-corrected chi connectivity index (χ3v) is 3.96. The number of fused-ring (bicyclic) bond motifs is 1. The summed E-state index contributed by atoms with van der Waals surface area (Å²) >= 11 is 8.39. The van der Waals surface area contributed by atoms with Gasteiger partial charge in [-0.1, -0.05) is 38.0 Å². The van der Waals surface area contributed by atoms with Crippen LogP contribution in [-0.4, -0.2) is 0 Å². The number of rotatable bonds is 0. The van der Waals surface area contributed by atoms with Crippen LogP contribution in [0.1, 0.15) is 0 Å². The van der Waals surface area contributed by atoms with Crippen LogP contribution >= 0.6 is 42.4 Å². The van der Waals surface area contributed by atoms with Crippen molar-refractivity contribution in [2.24, 2.45) is 0 Å². The molecule has 0 fully saturated rings. The Labute approximate surface area is 91.2 Å². The molecule has 60 valence electrons. The van der Waals surface area contributed by atoms with E-state index in [2.05, 4.69) is 34.7 Å². The highest BCUT2D eigenvalue weighted by Gasteiger charge is 1.99. The fourth-order valence-corrected chi connectivity index (χ4v) is 3.69. The lowest BCUT2D eigenvalue weighted by molar-refractivity contribution is 1.81. The molecular weight excluding hydrogens is 301 g/mol. The molecule has 1 aromatic heterocycles. The van der Waals surface area contributed by atoms with Crippen LogP contribution in [0.2, 0.25) is 5.02 Å². The van der Waals surface area contributed by atoms with Gasteiger partial charge in [-0.3, -0.25) is 0 Å². The maximum atomic E-state index is 6.07. The smallest absolute Gasteiger partial charge is 0.0502 e. The van der Waals surface area contributed by atoms with Crippen LogP contribution in [-0.2, 0) is 0 Å². The van der Waals surface area contributed by atoms with E-state index in [1.54, 1.807) is 0 Å². The van der Waals surface area contributed by atoms with Crippen LogP contribution in [0.3, 0.4) is 0 Å². The van der Waals surface area contributed by atoms with Gasteiger partial charge in [0.2, 0.25) is 0 Å². The van der Waals surface area contributed by atoms with E-state index in [-0.39, 0.29) is 0 Å². The van der Waals surface area contributed by atoms with Crippen molar-refractivity contribution in [2.45, 2.75) is 0 Å². The summed E-state index contributed by atoms with van der Waals surface area (Å²) in [6, 6.07) is 10.3. The van der Waals surface area contributed by atoms with Crippen LogP contribution in [0.25, 0.3) is 10.5 Å². The van der Waals surface area contributed by atoms with Crippen LogP contribution in [0.5, 0.6) is 0 Å². The first-order valence-electron chi connectivity index (χ1n) is 3.48. The van der Waals surface area contributed by atoms with Crippen LogP contribution in [0.4, 0.5) is 0 Å². The van der Waals surface area contributed by atoms with E-state index in [9.17, 15) is 0 Å². The maximum absolute atomic E-state index is 6.07. The lowest BCUT2D eigenvalue weighted by Crippen LogP contribution is -1.70. The first kappa shape index (κ1) is 8.74. The summed E-state index contributed by atoms with van der Waals surface area (Å²) in [6.07, 6.45) is 0. The highest BCUT2D eigenvalue weighted by atomic mass is 127. The molecule has 0 bridgehead atoms. The highest BCUT2D eigenvalue weighted by Crippen LogP contribution is 2.33. The minimum absolute atomic E-state index is 0.855. The summed E-state index contributed by atoms with van der Waals surface area (Å²) in [5.41, 5.74) is 0. The predicted octanol–water partition coefficient (Wildman–Crippen LogP) is 4.68. The largest absolute Gasteiger partial charge is 0.0836 e. The van der Waals surface area contributed by atoms with E-state index in [0.717, 1.165) is 5.02 Å². The van der Waals surface area contributed by atoms with Crippen molar-refractivity contribution in [3.63, 3.8) is 0 Å². The van der Waals surface area contributed by atoms with Crippen molar-refractivity contribution >= 4 is 52.9 Å².